The Labute approximate surface area is 104 Å². The first-order valence-electron chi connectivity index (χ1n) is 5.16. The van der Waals surface area contributed by atoms with E-state index < -0.39 is 24.3 Å². The summed E-state index contributed by atoms with van der Waals surface area (Å²) in [6, 6.07) is 0. The molecule has 1 rings (SSSR count). The summed E-state index contributed by atoms with van der Waals surface area (Å²) in [7, 11) is 0. The summed E-state index contributed by atoms with van der Waals surface area (Å²) in [4.78, 5) is 19.3. The van der Waals surface area contributed by atoms with Gasteiger partial charge < -0.3 is 10.1 Å². The summed E-state index contributed by atoms with van der Waals surface area (Å²) in [6.07, 6.45) is -7.03. The van der Waals surface area contributed by atoms with E-state index >= 15 is 0 Å². The summed E-state index contributed by atoms with van der Waals surface area (Å²) in [5.74, 6) is -6.40. The summed E-state index contributed by atoms with van der Waals surface area (Å²) in [5.41, 5.74) is 0. The van der Waals surface area contributed by atoms with Crippen LogP contribution in [0.5, 0.6) is 0 Å². The molecule has 10 heteroatoms. The highest BCUT2D eigenvalue weighted by Gasteiger charge is 2.49. The maximum atomic E-state index is 11.2. The Hall–Kier alpha value is -1.32. The Morgan fingerprint density at radius 3 is 1.32 bits per heavy atom. The third-order valence-electron chi connectivity index (χ3n) is 1.86. The van der Waals surface area contributed by atoms with Crippen molar-refractivity contribution in [3.05, 3.63) is 0 Å². The van der Waals surface area contributed by atoms with Crippen molar-refractivity contribution in [2.75, 3.05) is 13.1 Å². The van der Waals surface area contributed by atoms with E-state index in [1.807, 2.05) is 0 Å². The molecule has 1 aliphatic rings. The van der Waals surface area contributed by atoms with Gasteiger partial charge in [0, 0.05) is 0 Å². The number of piperidine rings is 1. The average Bonchev–Trinajstić information content (AvgIpc) is 2.29. The van der Waals surface area contributed by atoms with E-state index in [-0.39, 0.29) is 0 Å². The lowest BCUT2D eigenvalue weighted by molar-refractivity contribution is -0.221. The zero-order valence-electron chi connectivity index (χ0n) is 9.53. The number of carbonyl (C=O) groups excluding carboxylic acids is 2. The van der Waals surface area contributed by atoms with Crippen molar-refractivity contribution in [3.8, 4) is 0 Å². The number of esters is 2. The lowest BCUT2D eigenvalue weighted by atomic mass is 10.2. The van der Waals surface area contributed by atoms with E-state index in [0.717, 1.165) is 0 Å². The minimum absolute atomic E-state index is 1.25. The quantitative estimate of drug-likeness (QED) is 0.421. The molecule has 0 unspecified atom stereocenters. The van der Waals surface area contributed by atoms with Crippen molar-refractivity contribution in [3.63, 3.8) is 0 Å². The van der Waals surface area contributed by atoms with Crippen LogP contribution in [-0.4, -0.2) is 37.4 Å². The molecule has 1 fully saturated rings. The molecule has 0 bridgehead atoms. The predicted molar refractivity (Wildman–Crippen MR) is 49.9 cm³/mol. The number of nitrogens with one attached hydrogen (secondary N) is 1. The smallest absolute Gasteiger partial charge is 0.380 e. The molecular weight excluding hydrogens is 284 g/mol. The number of rotatable bonds is 0. The van der Waals surface area contributed by atoms with Gasteiger partial charge in [0.2, 0.25) is 0 Å². The molecule has 19 heavy (non-hydrogen) atoms. The first kappa shape index (κ1) is 17.7. The molecule has 0 aromatic heterocycles. The van der Waals surface area contributed by atoms with Crippen molar-refractivity contribution in [1.29, 1.82) is 0 Å². The van der Waals surface area contributed by atoms with Crippen LogP contribution >= 0.6 is 0 Å². The molecule has 112 valence electrons. The fourth-order valence-electron chi connectivity index (χ4n) is 1.00. The molecule has 0 aliphatic carbocycles. The molecule has 0 radical (unpaired) electrons. The number of alkyl halides is 6. The van der Waals surface area contributed by atoms with E-state index in [9.17, 15) is 35.9 Å². The molecule has 1 aliphatic heterocycles. The lowest BCUT2D eigenvalue weighted by Gasteiger charge is -2.08. The standard InChI is InChI=1S/C5H11N.C4F6O3/c1-2-4-6-5-3-1;5-3(6,7)1(11)13-2(12)4(8,9)10/h6H,1-5H2;. The molecule has 0 atom stereocenters. The Morgan fingerprint density at radius 1 is 0.789 bits per heavy atom. The van der Waals surface area contributed by atoms with E-state index in [1.165, 1.54) is 32.4 Å². The van der Waals surface area contributed by atoms with Crippen LogP contribution in [0.25, 0.3) is 0 Å². The first-order valence-corrected chi connectivity index (χ1v) is 5.16. The van der Waals surface area contributed by atoms with Crippen LogP contribution in [0.2, 0.25) is 0 Å². The zero-order valence-corrected chi connectivity index (χ0v) is 9.53. The molecule has 0 spiro atoms. The van der Waals surface area contributed by atoms with Gasteiger partial charge in [-0.2, -0.15) is 26.3 Å². The largest absolute Gasteiger partial charge is 0.491 e. The molecule has 1 heterocycles. The number of halogens is 6. The second-order valence-electron chi connectivity index (χ2n) is 3.48. The van der Waals surface area contributed by atoms with Gasteiger partial charge in [-0.3, -0.25) is 0 Å². The number of carbonyl (C=O) groups is 2. The van der Waals surface area contributed by atoms with Crippen LogP contribution in [0.1, 0.15) is 19.3 Å². The molecule has 0 aromatic rings. The van der Waals surface area contributed by atoms with E-state index in [4.69, 9.17) is 0 Å². The van der Waals surface area contributed by atoms with Crippen LogP contribution in [0.4, 0.5) is 26.3 Å². The Bertz CT molecular complexity index is 273. The third-order valence-corrected chi connectivity index (χ3v) is 1.86. The van der Waals surface area contributed by atoms with E-state index in [2.05, 4.69) is 10.1 Å². The van der Waals surface area contributed by atoms with Gasteiger partial charge in [0.15, 0.2) is 0 Å². The predicted octanol–water partition coefficient (Wildman–Crippen LogP) is 1.94. The molecule has 1 saturated heterocycles. The van der Waals surface area contributed by atoms with Gasteiger partial charge in [-0.05, 0) is 25.9 Å². The van der Waals surface area contributed by atoms with Crippen LogP contribution < -0.4 is 5.32 Å². The highest BCUT2D eigenvalue weighted by atomic mass is 19.4. The fraction of sp³-hybridized carbons (Fsp3) is 0.778. The van der Waals surface area contributed by atoms with Crippen LogP contribution in [-0.2, 0) is 14.3 Å². The first-order chi connectivity index (χ1) is 8.55. The SMILES string of the molecule is C1CCNCC1.O=C(OC(=O)C(F)(F)F)C(F)(F)F. The maximum Gasteiger partial charge on any atom is 0.491 e. The molecule has 1 N–H and O–H groups in total. The number of hydrogen-bond donors (Lipinski definition) is 1. The Morgan fingerprint density at radius 2 is 1.16 bits per heavy atom. The second-order valence-corrected chi connectivity index (χ2v) is 3.48. The minimum Gasteiger partial charge on any atom is -0.380 e. The minimum atomic E-state index is -5.62. The molecular formula is C9H11F6NO3. The van der Waals surface area contributed by atoms with Crippen LogP contribution in [0.15, 0.2) is 0 Å². The van der Waals surface area contributed by atoms with Crippen molar-refractivity contribution in [1.82, 2.24) is 5.32 Å². The highest BCUT2D eigenvalue weighted by molar-refractivity contribution is 5.90. The number of hydrogen-bond acceptors (Lipinski definition) is 4. The Kier molecular flexibility index (Phi) is 6.81. The van der Waals surface area contributed by atoms with Gasteiger partial charge in [0.05, 0.1) is 0 Å². The molecule has 0 aromatic carbocycles. The van der Waals surface area contributed by atoms with Crippen molar-refractivity contribution >= 4 is 11.9 Å². The summed E-state index contributed by atoms with van der Waals surface area (Å²) >= 11 is 0. The normalized spacial score (nSPS) is 16.1. The van der Waals surface area contributed by atoms with Gasteiger partial charge in [-0.25, -0.2) is 9.59 Å². The average molecular weight is 295 g/mol. The van der Waals surface area contributed by atoms with Crippen molar-refractivity contribution < 1.29 is 40.7 Å². The summed E-state index contributed by atoms with van der Waals surface area (Å²) < 4.78 is 69.7. The monoisotopic (exact) mass is 295 g/mol. The van der Waals surface area contributed by atoms with Gasteiger partial charge in [-0.15, -0.1) is 0 Å². The van der Waals surface area contributed by atoms with Crippen molar-refractivity contribution in [2.45, 2.75) is 31.6 Å². The summed E-state index contributed by atoms with van der Waals surface area (Å²) in [6.45, 7) is 2.50. The van der Waals surface area contributed by atoms with Crippen LogP contribution in [0, 0.1) is 0 Å². The van der Waals surface area contributed by atoms with E-state index in [1.54, 1.807) is 0 Å². The highest BCUT2D eigenvalue weighted by Crippen LogP contribution is 2.21. The van der Waals surface area contributed by atoms with Gasteiger partial charge in [0.1, 0.15) is 0 Å². The maximum absolute atomic E-state index is 11.2. The summed E-state index contributed by atoms with van der Waals surface area (Å²) in [5, 5.41) is 3.28. The molecule has 0 saturated carbocycles. The third kappa shape index (κ3) is 8.41. The zero-order chi connectivity index (χ0) is 15.1. The topological polar surface area (TPSA) is 55.4 Å². The Balaban J connectivity index is 0.000000443. The lowest BCUT2D eigenvalue weighted by Crippen LogP contribution is -2.34. The second kappa shape index (κ2) is 7.31. The molecule has 0 amide bonds. The fourth-order valence-corrected chi connectivity index (χ4v) is 1.00. The molecule has 4 nitrogen and oxygen atoms in total. The van der Waals surface area contributed by atoms with Gasteiger partial charge >= 0.3 is 24.3 Å². The number of ether oxygens (including phenoxy) is 1. The van der Waals surface area contributed by atoms with E-state index in [0.29, 0.717) is 0 Å². The van der Waals surface area contributed by atoms with Crippen LogP contribution in [0.3, 0.4) is 0 Å². The van der Waals surface area contributed by atoms with Crippen molar-refractivity contribution in [2.24, 2.45) is 0 Å². The van der Waals surface area contributed by atoms with Gasteiger partial charge in [-0.1, -0.05) is 6.42 Å². The van der Waals surface area contributed by atoms with Gasteiger partial charge in [0.25, 0.3) is 0 Å².